The van der Waals surface area contributed by atoms with Crippen LogP contribution in [0.15, 0.2) is 30.3 Å². The van der Waals surface area contributed by atoms with Crippen molar-refractivity contribution in [2.75, 3.05) is 0 Å². The van der Waals surface area contributed by atoms with E-state index in [2.05, 4.69) is 35.6 Å². The first-order valence-corrected chi connectivity index (χ1v) is 7.57. The van der Waals surface area contributed by atoms with E-state index in [4.69, 9.17) is 5.73 Å². The van der Waals surface area contributed by atoms with E-state index in [1.54, 1.807) is 0 Å². The molecular weight excluding hydrogens is 248 g/mol. The molecule has 1 fully saturated rings. The molecule has 0 saturated heterocycles. The number of rotatable bonds is 4. The molecule has 0 radical (unpaired) electrons. The zero-order valence-electron chi connectivity index (χ0n) is 12.6. The van der Waals surface area contributed by atoms with Crippen molar-refractivity contribution in [2.24, 2.45) is 5.73 Å². The van der Waals surface area contributed by atoms with Gasteiger partial charge >= 0.3 is 0 Å². The lowest BCUT2D eigenvalue weighted by molar-refractivity contribution is -0.122. The first-order chi connectivity index (χ1) is 9.44. The van der Waals surface area contributed by atoms with Gasteiger partial charge in [0.1, 0.15) is 0 Å². The molecule has 1 aliphatic rings. The number of nitrogens with one attached hydrogen (secondary N) is 1. The molecule has 0 heterocycles. The summed E-state index contributed by atoms with van der Waals surface area (Å²) in [6.07, 6.45) is 4.83. The number of hydrogen-bond donors (Lipinski definition) is 2. The molecule has 20 heavy (non-hydrogen) atoms. The molecule has 3 heteroatoms. The summed E-state index contributed by atoms with van der Waals surface area (Å²) < 4.78 is 0. The van der Waals surface area contributed by atoms with Gasteiger partial charge in [0.2, 0.25) is 5.91 Å². The van der Waals surface area contributed by atoms with Crippen molar-refractivity contribution in [2.45, 2.75) is 63.5 Å². The number of carbonyl (C=O) groups is 1. The molecule has 0 atom stereocenters. The van der Waals surface area contributed by atoms with Crippen LogP contribution >= 0.6 is 0 Å². The fourth-order valence-electron chi connectivity index (χ4n) is 2.99. The zero-order chi connectivity index (χ0) is 14.6. The Morgan fingerprint density at radius 2 is 1.80 bits per heavy atom. The van der Waals surface area contributed by atoms with Crippen LogP contribution in [0.2, 0.25) is 0 Å². The molecule has 1 saturated carbocycles. The van der Waals surface area contributed by atoms with E-state index in [0.717, 1.165) is 25.7 Å². The maximum Gasteiger partial charge on any atom is 0.222 e. The van der Waals surface area contributed by atoms with Crippen LogP contribution in [-0.2, 0) is 4.79 Å². The van der Waals surface area contributed by atoms with E-state index in [9.17, 15) is 4.79 Å². The highest BCUT2D eigenvalue weighted by molar-refractivity contribution is 5.77. The molecule has 0 aromatic heterocycles. The number of hydrogen-bond acceptors (Lipinski definition) is 2. The van der Waals surface area contributed by atoms with Crippen molar-refractivity contribution in [3.05, 3.63) is 35.9 Å². The number of benzene rings is 1. The molecule has 1 aromatic rings. The third-order valence-electron chi connectivity index (χ3n) is 3.98. The Morgan fingerprint density at radius 1 is 1.20 bits per heavy atom. The van der Waals surface area contributed by atoms with Gasteiger partial charge in [-0.1, -0.05) is 30.3 Å². The quantitative estimate of drug-likeness (QED) is 0.887. The lowest BCUT2D eigenvalue weighted by Crippen LogP contribution is -2.43. The van der Waals surface area contributed by atoms with Crippen LogP contribution in [0.3, 0.4) is 0 Å². The lowest BCUT2D eigenvalue weighted by Gasteiger charge is -2.30. The SMILES string of the molecule is CC(C)(N)CC(=O)NC1CCC(c2ccccc2)CC1. The molecule has 1 aromatic carbocycles. The summed E-state index contributed by atoms with van der Waals surface area (Å²) in [5, 5.41) is 3.13. The normalized spacial score (nSPS) is 23.4. The Labute approximate surface area is 121 Å². The second-order valence-corrected chi connectivity index (χ2v) is 6.69. The van der Waals surface area contributed by atoms with Gasteiger partial charge in [-0.2, -0.15) is 0 Å². The van der Waals surface area contributed by atoms with Crippen LogP contribution in [0, 0.1) is 0 Å². The molecule has 0 spiro atoms. The third-order valence-corrected chi connectivity index (χ3v) is 3.98. The predicted octanol–water partition coefficient (Wildman–Crippen LogP) is 2.96. The van der Waals surface area contributed by atoms with E-state index < -0.39 is 5.54 Å². The largest absolute Gasteiger partial charge is 0.353 e. The van der Waals surface area contributed by atoms with Crippen molar-refractivity contribution >= 4 is 5.91 Å². The van der Waals surface area contributed by atoms with Gasteiger partial charge in [0.25, 0.3) is 0 Å². The van der Waals surface area contributed by atoms with Crippen molar-refractivity contribution < 1.29 is 4.79 Å². The van der Waals surface area contributed by atoms with Gasteiger partial charge in [-0.25, -0.2) is 0 Å². The van der Waals surface area contributed by atoms with Crippen molar-refractivity contribution in [1.82, 2.24) is 5.32 Å². The van der Waals surface area contributed by atoms with Crippen LogP contribution in [-0.4, -0.2) is 17.5 Å². The van der Waals surface area contributed by atoms with E-state index >= 15 is 0 Å². The standard InChI is InChI=1S/C17H26N2O/c1-17(2,18)12-16(20)19-15-10-8-14(9-11-15)13-6-4-3-5-7-13/h3-7,14-15H,8-12,18H2,1-2H3,(H,19,20). The number of nitrogens with two attached hydrogens (primary N) is 1. The molecule has 2 rings (SSSR count). The summed E-state index contributed by atoms with van der Waals surface area (Å²) in [6.45, 7) is 3.78. The smallest absolute Gasteiger partial charge is 0.222 e. The van der Waals surface area contributed by atoms with E-state index in [-0.39, 0.29) is 5.91 Å². The van der Waals surface area contributed by atoms with Crippen molar-refractivity contribution in [3.8, 4) is 0 Å². The molecule has 1 amide bonds. The fourth-order valence-corrected chi connectivity index (χ4v) is 2.99. The van der Waals surface area contributed by atoms with E-state index in [1.165, 1.54) is 5.56 Å². The Balaban J connectivity index is 1.79. The number of amides is 1. The summed E-state index contributed by atoms with van der Waals surface area (Å²) >= 11 is 0. The van der Waals surface area contributed by atoms with Crippen molar-refractivity contribution in [3.63, 3.8) is 0 Å². The molecule has 3 nitrogen and oxygen atoms in total. The minimum absolute atomic E-state index is 0.0839. The summed E-state index contributed by atoms with van der Waals surface area (Å²) in [7, 11) is 0. The molecule has 1 aliphatic carbocycles. The summed E-state index contributed by atoms with van der Waals surface area (Å²) in [4.78, 5) is 11.9. The van der Waals surface area contributed by atoms with Gasteiger partial charge in [0.05, 0.1) is 0 Å². The van der Waals surface area contributed by atoms with Gasteiger partial charge in [-0.05, 0) is 51.0 Å². The second kappa shape index (κ2) is 6.40. The molecule has 0 aliphatic heterocycles. The zero-order valence-corrected chi connectivity index (χ0v) is 12.6. The monoisotopic (exact) mass is 274 g/mol. The maximum atomic E-state index is 11.9. The maximum absolute atomic E-state index is 11.9. The first kappa shape index (κ1) is 15.0. The molecule has 0 unspecified atom stereocenters. The predicted molar refractivity (Wildman–Crippen MR) is 82.5 cm³/mol. The van der Waals surface area contributed by atoms with E-state index in [1.807, 2.05) is 13.8 Å². The lowest BCUT2D eigenvalue weighted by atomic mass is 9.81. The Kier molecular flexibility index (Phi) is 4.81. The first-order valence-electron chi connectivity index (χ1n) is 7.57. The summed E-state index contributed by atoms with van der Waals surface area (Å²) in [5.41, 5.74) is 6.88. The fraction of sp³-hybridized carbons (Fsp3) is 0.588. The Bertz CT molecular complexity index is 428. The van der Waals surface area contributed by atoms with Gasteiger partial charge in [0, 0.05) is 18.0 Å². The minimum atomic E-state index is -0.425. The van der Waals surface area contributed by atoms with Gasteiger partial charge in [0.15, 0.2) is 0 Å². The average Bonchev–Trinajstić information content (AvgIpc) is 2.38. The summed E-state index contributed by atoms with van der Waals surface area (Å²) in [6, 6.07) is 11.0. The van der Waals surface area contributed by atoms with E-state index in [0.29, 0.717) is 18.4 Å². The van der Waals surface area contributed by atoms with Crippen LogP contribution < -0.4 is 11.1 Å². The van der Waals surface area contributed by atoms with Crippen LogP contribution in [0.5, 0.6) is 0 Å². The highest BCUT2D eigenvalue weighted by Gasteiger charge is 2.24. The summed E-state index contributed by atoms with van der Waals surface area (Å²) in [5.74, 6) is 0.732. The van der Waals surface area contributed by atoms with Crippen molar-refractivity contribution in [1.29, 1.82) is 0 Å². The van der Waals surface area contributed by atoms with Crippen LogP contribution in [0.4, 0.5) is 0 Å². The van der Waals surface area contributed by atoms with Crippen LogP contribution in [0.25, 0.3) is 0 Å². The van der Waals surface area contributed by atoms with Gasteiger partial charge < -0.3 is 11.1 Å². The number of carbonyl (C=O) groups excluding carboxylic acids is 1. The third kappa shape index (κ3) is 4.64. The van der Waals surface area contributed by atoms with Gasteiger partial charge in [-0.3, -0.25) is 4.79 Å². The van der Waals surface area contributed by atoms with Gasteiger partial charge in [-0.15, -0.1) is 0 Å². The second-order valence-electron chi connectivity index (χ2n) is 6.69. The molecule has 110 valence electrons. The van der Waals surface area contributed by atoms with Crippen LogP contribution in [0.1, 0.15) is 57.4 Å². The average molecular weight is 274 g/mol. The Morgan fingerprint density at radius 3 is 2.35 bits per heavy atom. The minimum Gasteiger partial charge on any atom is -0.353 e. The molecular formula is C17H26N2O. The molecule has 3 N–H and O–H groups in total. The topological polar surface area (TPSA) is 55.1 Å². The Hall–Kier alpha value is -1.35. The highest BCUT2D eigenvalue weighted by Crippen LogP contribution is 2.32. The highest BCUT2D eigenvalue weighted by atomic mass is 16.1. The molecule has 0 bridgehead atoms.